The molecule has 0 aliphatic rings. The van der Waals surface area contributed by atoms with Crippen LogP contribution < -0.4 is 10.2 Å². The smallest absolute Gasteiger partial charge is 0.305 e. The Morgan fingerprint density at radius 1 is 1.13 bits per heavy atom. The van der Waals surface area contributed by atoms with Gasteiger partial charge in [-0.2, -0.15) is 0 Å². The predicted octanol–water partition coefficient (Wildman–Crippen LogP) is 3.01. The molecule has 1 heterocycles. The highest BCUT2D eigenvalue weighted by Gasteiger charge is 2.16. The van der Waals surface area contributed by atoms with Crippen molar-refractivity contribution in [2.24, 2.45) is 0 Å². The summed E-state index contributed by atoms with van der Waals surface area (Å²) in [6.45, 7) is 3.21. The van der Waals surface area contributed by atoms with Crippen LogP contribution >= 0.6 is 11.3 Å². The maximum absolute atomic E-state index is 12.3. The lowest BCUT2D eigenvalue weighted by molar-refractivity contribution is 0.138. The summed E-state index contributed by atoms with van der Waals surface area (Å²) in [6, 6.07) is 13.2. The van der Waals surface area contributed by atoms with Gasteiger partial charge in [0.05, 0.1) is 22.8 Å². The second kappa shape index (κ2) is 10.9. The molecule has 31 heavy (non-hydrogen) atoms. The number of benzene rings is 2. The highest BCUT2D eigenvalue weighted by molar-refractivity contribution is 7.91. The van der Waals surface area contributed by atoms with Crippen molar-refractivity contribution < 1.29 is 18.3 Å². The van der Waals surface area contributed by atoms with E-state index >= 15 is 0 Å². The Balaban J connectivity index is 1.38. The van der Waals surface area contributed by atoms with Gasteiger partial charge in [-0.25, -0.2) is 8.42 Å². The zero-order valence-electron chi connectivity index (χ0n) is 17.5. The molecule has 7 nitrogen and oxygen atoms in total. The van der Waals surface area contributed by atoms with E-state index in [0.29, 0.717) is 36.4 Å². The van der Waals surface area contributed by atoms with Gasteiger partial charge >= 0.3 is 4.87 Å². The molecule has 9 heteroatoms. The molecule has 3 rings (SSSR count). The van der Waals surface area contributed by atoms with Crippen LogP contribution in [0.25, 0.3) is 10.2 Å². The molecular formula is C22H28N2O5S2. The number of hydrogen-bond donors (Lipinski definition) is 3. The van der Waals surface area contributed by atoms with E-state index in [1.54, 1.807) is 6.07 Å². The minimum Gasteiger partial charge on any atom is -0.506 e. The number of sulfone groups is 1. The van der Waals surface area contributed by atoms with Crippen molar-refractivity contribution in [2.75, 3.05) is 31.3 Å². The Morgan fingerprint density at radius 2 is 1.90 bits per heavy atom. The molecule has 3 aromatic rings. The van der Waals surface area contributed by atoms with Crippen LogP contribution in [0.5, 0.6) is 5.75 Å². The summed E-state index contributed by atoms with van der Waals surface area (Å²) in [5, 5.41) is 13.1. The highest BCUT2D eigenvalue weighted by Crippen LogP contribution is 2.31. The maximum Gasteiger partial charge on any atom is 0.305 e. The minimum absolute atomic E-state index is 0.0258. The van der Waals surface area contributed by atoms with Crippen LogP contribution in [0.1, 0.15) is 30.5 Å². The molecule has 1 aromatic heterocycles. The van der Waals surface area contributed by atoms with Crippen molar-refractivity contribution in [1.29, 1.82) is 0 Å². The summed E-state index contributed by atoms with van der Waals surface area (Å²) in [6.07, 6.45) is 1.29. The Morgan fingerprint density at radius 3 is 2.68 bits per heavy atom. The van der Waals surface area contributed by atoms with Crippen LogP contribution in [0.2, 0.25) is 0 Å². The molecule has 168 valence electrons. The van der Waals surface area contributed by atoms with Crippen molar-refractivity contribution in [1.82, 2.24) is 10.3 Å². The number of aromatic nitrogens is 1. The zero-order valence-corrected chi connectivity index (χ0v) is 19.1. The standard InChI is InChI=1S/C22H28N2O5S2/c1-16(18-8-9-19(25)20-21(18)30-22(26)24-20)23-11-15-31(27,28)14-5-12-29-13-10-17-6-3-2-4-7-17/h2-4,6-9,16,23,25H,5,10-15H2,1H3,(H,24,26). The third-order valence-electron chi connectivity index (χ3n) is 5.04. The van der Waals surface area contributed by atoms with E-state index in [9.17, 15) is 18.3 Å². The number of hydrogen-bond acceptors (Lipinski definition) is 7. The number of aromatic amines is 1. The van der Waals surface area contributed by atoms with Crippen LogP contribution in [0.3, 0.4) is 0 Å². The van der Waals surface area contributed by atoms with E-state index < -0.39 is 9.84 Å². The topological polar surface area (TPSA) is 108 Å². The quantitative estimate of drug-likeness (QED) is 0.356. The molecular weight excluding hydrogens is 436 g/mol. The second-order valence-corrected chi connectivity index (χ2v) is 10.7. The Bertz CT molecular complexity index is 1140. The van der Waals surface area contributed by atoms with Crippen molar-refractivity contribution in [3.8, 4) is 5.75 Å². The number of phenols is 1. The van der Waals surface area contributed by atoms with E-state index in [4.69, 9.17) is 4.74 Å². The fourth-order valence-corrected chi connectivity index (χ4v) is 5.49. The number of fused-ring (bicyclic) bond motifs is 1. The highest BCUT2D eigenvalue weighted by atomic mass is 32.2. The summed E-state index contributed by atoms with van der Waals surface area (Å²) in [5.41, 5.74) is 2.47. The zero-order chi connectivity index (χ0) is 22.3. The fourth-order valence-electron chi connectivity index (χ4n) is 3.34. The van der Waals surface area contributed by atoms with Crippen molar-refractivity contribution >= 4 is 31.4 Å². The first-order valence-corrected chi connectivity index (χ1v) is 12.9. The van der Waals surface area contributed by atoms with Gasteiger partial charge in [-0.15, -0.1) is 0 Å². The largest absolute Gasteiger partial charge is 0.506 e. The van der Waals surface area contributed by atoms with Crippen molar-refractivity contribution in [3.05, 3.63) is 63.3 Å². The molecule has 0 aliphatic carbocycles. The summed E-state index contributed by atoms with van der Waals surface area (Å²) in [5.74, 6) is 0.154. The van der Waals surface area contributed by atoms with Crippen molar-refractivity contribution in [2.45, 2.75) is 25.8 Å². The Hall–Kier alpha value is -2.20. The number of thiazole rings is 1. The van der Waals surface area contributed by atoms with Gasteiger partial charge < -0.3 is 20.1 Å². The van der Waals surface area contributed by atoms with E-state index in [1.165, 1.54) is 11.6 Å². The summed E-state index contributed by atoms with van der Waals surface area (Å²) in [7, 11) is -3.18. The molecule has 1 unspecified atom stereocenters. The number of rotatable bonds is 12. The summed E-state index contributed by atoms with van der Waals surface area (Å²) < 4.78 is 30.8. The number of nitrogens with one attached hydrogen (secondary N) is 2. The lowest BCUT2D eigenvalue weighted by Gasteiger charge is -2.15. The first kappa shape index (κ1) is 23.5. The number of phenolic OH excluding ortho intramolecular Hbond substituents is 1. The van der Waals surface area contributed by atoms with E-state index in [2.05, 4.69) is 10.3 Å². The molecule has 3 N–H and O–H groups in total. The van der Waals surface area contributed by atoms with Crippen molar-refractivity contribution in [3.63, 3.8) is 0 Å². The van der Waals surface area contributed by atoms with Gasteiger partial charge in [-0.3, -0.25) is 4.79 Å². The van der Waals surface area contributed by atoms with Gasteiger partial charge in [-0.05, 0) is 37.0 Å². The monoisotopic (exact) mass is 464 g/mol. The molecule has 0 saturated carbocycles. The van der Waals surface area contributed by atoms with Crippen LogP contribution in [-0.4, -0.2) is 49.8 Å². The SMILES string of the molecule is CC(NCCS(=O)(=O)CCCOCCc1ccccc1)c1ccc(O)c2[nH]c(=O)sc12. The molecule has 0 amide bonds. The van der Waals surface area contributed by atoms with Gasteiger partial charge in [0, 0.05) is 19.2 Å². The lowest BCUT2D eigenvalue weighted by atomic mass is 10.1. The van der Waals surface area contributed by atoms with Crippen LogP contribution in [0.15, 0.2) is 47.3 Å². The number of aromatic hydroxyl groups is 1. The normalized spacial score (nSPS) is 12.9. The summed E-state index contributed by atoms with van der Waals surface area (Å²) >= 11 is 1.03. The Kier molecular flexibility index (Phi) is 8.25. The molecule has 0 radical (unpaired) electrons. The number of H-pyrrole nitrogens is 1. The first-order chi connectivity index (χ1) is 14.9. The fraction of sp³-hybridized carbons (Fsp3) is 0.409. The molecule has 0 fully saturated rings. The van der Waals surface area contributed by atoms with E-state index in [-0.39, 0.29) is 28.2 Å². The number of ether oxygens (including phenoxy) is 1. The average Bonchev–Trinajstić information content (AvgIpc) is 3.13. The lowest BCUT2D eigenvalue weighted by Crippen LogP contribution is -2.27. The maximum atomic E-state index is 12.3. The molecule has 1 atom stereocenters. The predicted molar refractivity (Wildman–Crippen MR) is 125 cm³/mol. The van der Waals surface area contributed by atoms with Crippen LogP contribution in [0, 0.1) is 0 Å². The van der Waals surface area contributed by atoms with Crippen LogP contribution in [-0.2, 0) is 21.0 Å². The Labute approximate surface area is 186 Å². The molecule has 2 aromatic carbocycles. The van der Waals surface area contributed by atoms with Crippen LogP contribution in [0.4, 0.5) is 0 Å². The molecule has 0 bridgehead atoms. The summed E-state index contributed by atoms with van der Waals surface area (Å²) in [4.78, 5) is 14.0. The van der Waals surface area contributed by atoms with Gasteiger partial charge in [-0.1, -0.05) is 47.7 Å². The van der Waals surface area contributed by atoms with Gasteiger partial charge in [0.1, 0.15) is 11.3 Å². The molecule has 0 spiro atoms. The first-order valence-electron chi connectivity index (χ1n) is 10.3. The third-order valence-corrected chi connectivity index (χ3v) is 7.71. The van der Waals surface area contributed by atoms with Gasteiger partial charge in [0.2, 0.25) is 0 Å². The van der Waals surface area contributed by atoms with Gasteiger partial charge in [0.25, 0.3) is 0 Å². The average molecular weight is 465 g/mol. The third kappa shape index (κ3) is 6.90. The molecule has 0 saturated heterocycles. The van der Waals surface area contributed by atoms with E-state index in [1.807, 2.05) is 37.3 Å². The molecule has 0 aliphatic heterocycles. The minimum atomic E-state index is -3.18. The van der Waals surface area contributed by atoms with E-state index in [0.717, 1.165) is 23.3 Å². The van der Waals surface area contributed by atoms with Gasteiger partial charge in [0.15, 0.2) is 9.84 Å². The second-order valence-electron chi connectivity index (χ2n) is 7.42.